The van der Waals surface area contributed by atoms with E-state index >= 15 is 0 Å². The van der Waals surface area contributed by atoms with Crippen LogP contribution in [-0.4, -0.2) is 10.7 Å². The van der Waals surface area contributed by atoms with E-state index in [0.29, 0.717) is 0 Å². The summed E-state index contributed by atoms with van der Waals surface area (Å²) in [5.74, 6) is 0. The summed E-state index contributed by atoms with van der Waals surface area (Å²) >= 11 is 1.72. The average Bonchev–Trinajstić information content (AvgIpc) is 2.52. The van der Waals surface area contributed by atoms with Gasteiger partial charge >= 0.3 is 0 Å². The van der Waals surface area contributed by atoms with Gasteiger partial charge in [-0.2, -0.15) is 11.3 Å². The van der Waals surface area contributed by atoms with Gasteiger partial charge in [-0.3, -0.25) is 0 Å². The molecule has 0 bridgehead atoms. The van der Waals surface area contributed by atoms with Crippen LogP contribution in [0.25, 0.3) is 0 Å². The van der Waals surface area contributed by atoms with Crippen LogP contribution in [0.3, 0.4) is 0 Å². The van der Waals surface area contributed by atoms with Crippen molar-refractivity contribution in [3.8, 4) is 0 Å². The van der Waals surface area contributed by atoms with Gasteiger partial charge in [-0.25, -0.2) is 0 Å². The van der Waals surface area contributed by atoms with Crippen molar-refractivity contribution >= 4 is 11.3 Å². The van der Waals surface area contributed by atoms with Crippen LogP contribution in [0, 0.1) is 0 Å². The normalized spacial score (nSPS) is 15.6. The van der Waals surface area contributed by atoms with Crippen LogP contribution in [0.5, 0.6) is 0 Å². The van der Waals surface area contributed by atoms with Crippen molar-refractivity contribution in [3.05, 3.63) is 22.4 Å². The molecule has 74 valence electrons. The number of hydrogen-bond acceptors (Lipinski definition) is 2. The van der Waals surface area contributed by atoms with E-state index in [1.165, 1.54) is 5.56 Å². The fourth-order valence-electron chi connectivity index (χ4n) is 1.51. The largest absolute Gasteiger partial charge is 0.390 e. The number of rotatable bonds is 5. The third-order valence-electron chi connectivity index (χ3n) is 2.32. The first-order chi connectivity index (χ1) is 6.14. The molecule has 1 aromatic rings. The van der Waals surface area contributed by atoms with Gasteiger partial charge in [-0.1, -0.05) is 13.3 Å². The Morgan fingerprint density at radius 1 is 1.46 bits per heavy atom. The van der Waals surface area contributed by atoms with E-state index in [1.54, 1.807) is 11.3 Å². The SMILES string of the molecule is CCCC(C)(O)CCc1ccsc1. The summed E-state index contributed by atoms with van der Waals surface area (Å²) in [7, 11) is 0. The quantitative estimate of drug-likeness (QED) is 0.770. The van der Waals surface area contributed by atoms with E-state index in [1.807, 2.05) is 6.92 Å². The minimum absolute atomic E-state index is 0.476. The van der Waals surface area contributed by atoms with E-state index in [-0.39, 0.29) is 0 Å². The lowest BCUT2D eigenvalue weighted by atomic mass is 9.93. The molecule has 0 aromatic carbocycles. The molecule has 1 N–H and O–H groups in total. The second-order valence-corrected chi connectivity index (χ2v) is 4.66. The highest BCUT2D eigenvalue weighted by Crippen LogP contribution is 2.20. The molecule has 2 heteroatoms. The number of thiophene rings is 1. The Morgan fingerprint density at radius 3 is 2.77 bits per heavy atom. The lowest BCUT2D eigenvalue weighted by Gasteiger charge is -2.22. The van der Waals surface area contributed by atoms with Gasteiger partial charge in [0.2, 0.25) is 0 Å². The highest BCUT2D eigenvalue weighted by atomic mass is 32.1. The van der Waals surface area contributed by atoms with Crippen LogP contribution in [0.15, 0.2) is 16.8 Å². The molecule has 0 saturated carbocycles. The Kier molecular flexibility index (Phi) is 3.94. The zero-order valence-corrected chi connectivity index (χ0v) is 9.23. The molecule has 1 atom stereocenters. The highest BCUT2D eigenvalue weighted by molar-refractivity contribution is 7.07. The van der Waals surface area contributed by atoms with Gasteiger partial charge in [0, 0.05) is 0 Å². The van der Waals surface area contributed by atoms with Crippen molar-refractivity contribution in [1.82, 2.24) is 0 Å². The van der Waals surface area contributed by atoms with Crippen molar-refractivity contribution in [2.45, 2.75) is 45.1 Å². The summed E-state index contributed by atoms with van der Waals surface area (Å²) in [6.45, 7) is 4.04. The van der Waals surface area contributed by atoms with Crippen molar-refractivity contribution in [1.29, 1.82) is 0 Å². The first-order valence-corrected chi connectivity index (χ1v) is 5.82. The van der Waals surface area contributed by atoms with Gasteiger partial charge < -0.3 is 5.11 Å². The van der Waals surface area contributed by atoms with Crippen LogP contribution in [0.2, 0.25) is 0 Å². The number of aliphatic hydroxyl groups is 1. The molecular weight excluding hydrogens is 180 g/mol. The molecule has 1 rings (SSSR count). The molecule has 0 aliphatic carbocycles. The second kappa shape index (κ2) is 4.77. The zero-order chi connectivity index (χ0) is 9.73. The lowest BCUT2D eigenvalue weighted by Crippen LogP contribution is -2.24. The molecule has 0 fully saturated rings. The Balaban J connectivity index is 2.33. The van der Waals surface area contributed by atoms with Crippen LogP contribution in [0.1, 0.15) is 38.7 Å². The summed E-state index contributed by atoms with van der Waals surface area (Å²) in [5.41, 5.74) is 0.873. The highest BCUT2D eigenvalue weighted by Gasteiger charge is 2.18. The molecule has 0 radical (unpaired) electrons. The van der Waals surface area contributed by atoms with Gasteiger partial charge in [0.15, 0.2) is 0 Å². The molecule has 0 aliphatic rings. The monoisotopic (exact) mass is 198 g/mol. The van der Waals surface area contributed by atoms with Gasteiger partial charge in [-0.15, -0.1) is 0 Å². The maximum Gasteiger partial charge on any atom is 0.0622 e. The van der Waals surface area contributed by atoms with Crippen molar-refractivity contribution < 1.29 is 5.11 Å². The number of aryl methyl sites for hydroxylation is 1. The smallest absolute Gasteiger partial charge is 0.0622 e. The van der Waals surface area contributed by atoms with E-state index in [0.717, 1.165) is 25.7 Å². The summed E-state index contributed by atoms with van der Waals surface area (Å²) < 4.78 is 0. The first kappa shape index (κ1) is 10.7. The Bertz CT molecular complexity index is 226. The van der Waals surface area contributed by atoms with Crippen LogP contribution < -0.4 is 0 Å². The molecule has 0 saturated heterocycles. The van der Waals surface area contributed by atoms with E-state index in [9.17, 15) is 5.11 Å². The van der Waals surface area contributed by atoms with Crippen molar-refractivity contribution in [3.63, 3.8) is 0 Å². The molecule has 0 spiro atoms. The van der Waals surface area contributed by atoms with Gasteiger partial charge in [0.1, 0.15) is 0 Å². The molecule has 1 heterocycles. The van der Waals surface area contributed by atoms with Crippen LogP contribution in [-0.2, 0) is 6.42 Å². The molecule has 13 heavy (non-hydrogen) atoms. The Morgan fingerprint density at radius 2 is 2.23 bits per heavy atom. The predicted octanol–water partition coefficient (Wildman–Crippen LogP) is 3.23. The second-order valence-electron chi connectivity index (χ2n) is 3.88. The first-order valence-electron chi connectivity index (χ1n) is 4.87. The summed E-state index contributed by atoms with van der Waals surface area (Å²) in [5, 5.41) is 14.2. The minimum Gasteiger partial charge on any atom is -0.390 e. The fraction of sp³-hybridized carbons (Fsp3) is 0.636. The van der Waals surface area contributed by atoms with E-state index < -0.39 is 5.60 Å². The Labute approximate surface area is 84.4 Å². The van der Waals surface area contributed by atoms with Crippen molar-refractivity contribution in [2.24, 2.45) is 0 Å². The summed E-state index contributed by atoms with van der Waals surface area (Å²) in [6, 6.07) is 2.13. The third-order valence-corrected chi connectivity index (χ3v) is 3.05. The molecular formula is C11H18OS. The lowest BCUT2D eigenvalue weighted by molar-refractivity contribution is 0.0416. The molecule has 1 nitrogen and oxygen atoms in total. The summed E-state index contributed by atoms with van der Waals surface area (Å²) in [4.78, 5) is 0. The van der Waals surface area contributed by atoms with Crippen LogP contribution >= 0.6 is 11.3 Å². The maximum atomic E-state index is 9.92. The molecule has 0 aliphatic heterocycles. The molecule has 1 aromatic heterocycles. The third kappa shape index (κ3) is 3.92. The topological polar surface area (TPSA) is 20.2 Å². The van der Waals surface area contributed by atoms with Gasteiger partial charge in [0.05, 0.1) is 5.60 Å². The van der Waals surface area contributed by atoms with Gasteiger partial charge in [-0.05, 0) is 48.6 Å². The number of hydrogen-bond donors (Lipinski definition) is 1. The zero-order valence-electron chi connectivity index (χ0n) is 8.42. The van der Waals surface area contributed by atoms with Crippen LogP contribution in [0.4, 0.5) is 0 Å². The van der Waals surface area contributed by atoms with Crippen molar-refractivity contribution in [2.75, 3.05) is 0 Å². The average molecular weight is 198 g/mol. The molecule has 1 unspecified atom stereocenters. The molecule has 0 amide bonds. The van der Waals surface area contributed by atoms with E-state index in [2.05, 4.69) is 23.8 Å². The fourth-order valence-corrected chi connectivity index (χ4v) is 2.22. The Hall–Kier alpha value is -0.340. The standard InChI is InChI=1S/C11H18OS/c1-3-6-11(2,12)7-4-10-5-8-13-9-10/h5,8-9,12H,3-4,6-7H2,1-2H3. The summed E-state index contributed by atoms with van der Waals surface area (Å²) in [6.07, 6.45) is 3.82. The van der Waals surface area contributed by atoms with E-state index in [4.69, 9.17) is 0 Å². The maximum absolute atomic E-state index is 9.92. The predicted molar refractivity (Wildman–Crippen MR) is 58.2 cm³/mol. The van der Waals surface area contributed by atoms with Gasteiger partial charge in [0.25, 0.3) is 0 Å². The minimum atomic E-state index is -0.476.